The van der Waals surface area contributed by atoms with E-state index in [0.717, 1.165) is 77.5 Å². The molecule has 0 N–H and O–H groups in total. The number of aromatic nitrogens is 2. The summed E-state index contributed by atoms with van der Waals surface area (Å²) in [5.74, 6) is -1.17. The molecule has 5 aromatic carbocycles. The molecule has 3 nitrogen and oxygen atoms in total. The van der Waals surface area contributed by atoms with Crippen LogP contribution in [0.4, 0.5) is 4.39 Å². The molecule has 0 spiro atoms. The molecule has 267 valence electrons. The molecule has 4 aromatic heterocycles. The van der Waals surface area contributed by atoms with Crippen molar-refractivity contribution < 1.29 is 34.4 Å². The van der Waals surface area contributed by atoms with Crippen LogP contribution < -0.4 is 5.19 Å². The van der Waals surface area contributed by atoms with E-state index in [1.165, 1.54) is 17.4 Å². The summed E-state index contributed by atoms with van der Waals surface area (Å²) < 4.78 is 55.5. The molecule has 1 aliphatic rings. The van der Waals surface area contributed by atoms with Crippen LogP contribution in [-0.2, 0) is 20.1 Å². The van der Waals surface area contributed by atoms with Crippen LogP contribution in [-0.4, -0.2) is 18.0 Å². The molecule has 4 heterocycles. The van der Waals surface area contributed by atoms with Crippen molar-refractivity contribution >= 4 is 88.4 Å². The fourth-order valence-electron chi connectivity index (χ4n) is 7.57. The van der Waals surface area contributed by atoms with Crippen molar-refractivity contribution in [3.8, 4) is 11.3 Å². The molecule has 0 unspecified atom stereocenters. The maximum Gasteiger partial charge on any atom is 0.129 e. The van der Waals surface area contributed by atoms with E-state index in [-0.39, 0.29) is 31.5 Å². The number of aryl methyl sites for hydroxylation is 1. The number of rotatable bonds is 3. The molecule has 0 atom stereocenters. The Morgan fingerprint density at radius 3 is 2.47 bits per heavy atom. The Labute approximate surface area is 333 Å². The number of fused-ring (bicyclic) bond motifs is 10. The monoisotopic (exact) mass is 911 g/mol. The third-order valence-electron chi connectivity index (χ3n) is 10.3. The third kappa shape index (κ3) is 6.52. The minimum absolute atomic E-state index is 0. The van der Waals surface area contributed by atoms with E-state index in [9.17, 15) is 5.76 Å². The molecular weight excluding hydrogens is 868 g/mol. The van der Waals surface area contributed by atoms with Crippen LogP contribution in [0.3, 0.4) is 0 Å². The van der Waals surface area contributed by atoms with Gasteiger partial charge in [0, 0.05) is 64.8 Å². The van der Waals surface area contributed by atoms with Crippen LogP contribution in [0.5, 0.6) is 0 Å². The van der Waals surface area contributed by atoms with Gasteiger partial charge in [0.05, 0.1) is 13.7 Å². The molecule has 1 aliphatic carbocycles. The van der Waals surface area contributed by atoms with Gasteiger partial charge in [-0.3, -0.25) is 4.39 Å². The average Bonchev–Trinajstić information content (AvgIpc) is 3.75. The van der Waals surface area contributed by atoms with Crippen molar-refractivity contribution in [2.45, 2.75) is 64.5 Å². The maximum atomic E-state index is 13.2. The van der Waals surface area contributed by atoms with Gasteiger partial charge in [-0.1, -0.05) is 121 Å². The molecular formula is C46H39FIrN2OSSi-2. The van der Waals surface area contributed by atoms with Gasteiger partial charge < -0.3 is 14.4 Å². The number of halogens is 1. The van der Waals surface area contributed by atoms with Gasteiger partial charge in [0.25, 0.3) is 0 Å². The smallest absolute Gasteiger partial charge is 0.129 e. The molecule has 0 amide bonds. The molecule has 10 rings (SSSR count). The van der Waals surface area contributed by atoms with Crippen LogP contribution in [0, 0.1) is 24.8 Å². The largest absolute Gasteiger partial charge is 0.500 e. The van der Waals surface area contributed by atoms with Gasteiger partial charge in [-0.2, -0.15) is 11.3 Å². The second-order valence-electron chi connectivity index (χ2n) is 14.8. The van der Waals surface area contributed by atoms with Crippen LogP contribution >= 0.6 is 11.3 Å². The van der Waals surface area contributed by atoms with Crippen molar-refractivity contribution in [2.75, 3.05) is 0 Å². The average molecular weight is 911 g/mol. The summed E-state index contributed by atoms with van der Waals surface area (Å²) in [4.78, 5) is 9.16. The summed E-state index contributed by atoms with van der Waals surface area (Å²) >= 11 is 1.59. The zero-order valence-corrected chi connectivity index (χ0v) is 33.9. The summed E-state index contributed by atoms with van der Waals surface area (Å²) in [5.41, 5.74) is 4.43. The Hall–Kier alpha value is -4.26. The van der Waals surface area contributed by atoms with Gasteiger partial charge in [0.1, 0.15) is 5.58 Å². The van der Waals surface area contributed by atoms with Crippen molar-refractivity contribution in [2.24, 2.45) is 0 Å². The first-order valence-electron chi connectivity index (χ1n) is 19.9. The molecule has 9 aromatic rings. The predicted molar refractivity (Wildman–Crippen MR) is 220 cm³/mol. The Kier molecular flexibility index (Phi) is 8.33. The van der Waals surface area contributed by atoms with E-state index in [1.807, 2.05) is 36.5 Å². The van der Waals surface area contributed by atoms with Crippen molar-refractivity contribution in [3.63, 3.8) is 0 Å². The normalized spacial score (nSPS) is 15.8. The number of pyridine rings is 2. The first kappa shape index (κ1) is 31.1. The molecule has 1 fully saturated rings. The van der Waals surface area contributed by atoms with E-state index >= 15 is 0 Å². The summed E-state index contributed by atoms with van der Waals surface area (Å²) in [7, 11) is -1.35. The van der Waals surface area contributed by atoms with E-state index < -0.39 is 20.8 Å². The van der Waals surface area contributed by atoms with E-state index in [0.29, 0.717) is 35.2 Å². The number of benzene rings is 5. The van der Waals surface area contributed by atoms with Crippen molar-refractivity contribution in [3.05, 3.63) is 126 Å². The quantitative estimate of drug-likeness (QED) is 0.101. The van der Waals surface area contributed by atoms with E-state index in [2.05, 4.69) is 84.2 Å². The predicted octanol–water partition coefficient (Wildman–Crippen LogP) is 13.0. The Balaban J connectivity index is 0.000000201. The minimum Gasteiger partial charge on any atom is -0.500 e. The molecule has 0 aliphatic heterocycles. The molecule has 1 radical (unpaired) electrons. The summed E-state index contributed by atoms with van der Waals surface area (Å²) in [6.07, 6.45) is 7.64. The third-order valence-corrected chi connectivity index (χ3v) is 13.4. The van der Waals surface area contributed by atoms with E-state index in [1.54, 1.807) is 17.4 Å². The summed E-state index contributed by atoms with van der Waals surface area (Å²) in [5, 5.41) is 8.71. The molecule has 7 heteroatoms. The van der Waals surface area contributed by atoms with Gasteiger partial charge in [-0.05, 0) is 63.8 Å². The van der Waals surface area contributed by atoms with Crippen LogP contribution in [0.25, 0.3) is 75.0 Å². The summed E-state index contributed by atoms with van der Waals surface area (Å²) in [6, 6.07) is 33.9. The molecule has 53 heavy (non-hydrogen) atoms. The minimum atomic E-state index is -2.33. The first-order chi connectivity index (χ1) is 26.8. The Bertz CT molecular complexity index is 2990. The van der Waals surface area contributed by atoms with Gasteiger partial charge >= 0.3 is 0 Å². The van der Waals surface area contributed by atoms with Crippen LogP contribution in [0.1, 0.15) is 54.6 Å². The number of thiophene rings is 1. The maximum absolute atomic E-state index is 13.2. The first-order valence-corrected chi connectivity index (χ1v) is 22.2. The van der Waals surface area contributed by atoms with E-state index in [4.69, 9.17) is 8.53 Å². The zero-order chi connectivity index (χ0) is 39.0. The molecule has 0 bridgehead atoms. The Morgan fingerprint density at radius 1 is 0.849 bits per heavy atom. The number of nitrogens with zero attached hydrogens (tertiary/aromatic N) is 2. The number of hydrogen-bond acceptors (Lipinski definition) is 4. The fourth-order valence-corrected chi connectivity index (χ4v) is 9.80. The standard InChI is InChI=1S/C32H26NO.C14H13FNSSi.Ir/c1-20-19-33-29(18-28(20)21-8-3-2-4-9-21)27-13-7-12-25-26-17-16-23-15-14-22-10-5-6-11-24(22)30(23)32(26)34-31(25)27;1-18(2,3)10-7-13-14(16-8-10)11-5-4-9(15)6-12(11)17-13;/h5-7,10-12,14-19,21H,2-4,8-9H2,1H3;4,6-8H,1-3H3;/q2*-1;/i1D3,21D;;. The molecule has 1 saturated carbocycles. The number of furan rings is 1. The number of hydrogen-bond donors (Lipinski definition) is 0. The Morgan fingerprint density at radius 2 is 1.64 bits per heavy atom. The van der Waals surface area contributed by atoms with Gasteiger partial charge in [-0.15, -0.1) is 35.7 Å². The van der Waals surface area contributed by atoms with Crippen LogP contribution in [0.2, 0.25) is 19.6 Å². The van der Waals surface area contributed by atoms with Gasteiger partial charge in [0.2, 0.25) is 0 Å². The van der Waals surface area contributed by atoms with Crippen molar-refractivity contribution in [1.29, 1.82) is 0 Å². The fraction of sp³-hybridized carbons (Fsp3) is 0.217. The zero-order valence-electron chi connectivity index (χ0n) is 33.7. The topological polar surface area (TPSA) is 38.9 Å². The van der Waals surface area contributed by atoms with Gasteiger partial charge in [0.15, 0.2) is 0 Å². The second-order valence-corrected chi connectivity index (χ2v) is 20.9. The SMILES string of the molecule is C[Si](C)(C)c1cnc2c(c1)sc1cc(F)c[c-]c12.[2H]C([2H])([2H])c1cnc(-c2[c-]ccc3c2oc2c3ccc3ccc4ccccc4c32)cc1C1([2H])CCCCC1.[Ir]. The van der Waals surface area contributed by atoms with Gasteiger partial charge in [-0.25, -0.2) is 0 Å². The molecule has 0 saturated heterocycles. The summed E-state index contributed by atoms with van der Waals surface area (Å²) in [6.45, 7) is 4.57. The van der Waals surface area contributed by atoms with Crippen molar-refractivity contribution in [1.82, 2.24) is 9.97 Å². The second kappa shape index (κ2) is 14.2. The van der Waals surface area contributed by atoms with Crippen LogP contribution in [0.15, 0.2) is 102 Å².